The van der Waals surface area contributed by atoms with Crippen molar-refractivity contribution >= 4 is 29.7 Å². The van der Waals surface area contributed by atoms with Gasteiger partial charge in [-0.2, -0.15) is 0 Å². The predicted molar refractivity (Wildman–Crippen MR) is 122 cm³/mol. The van der Waals surface area contributed by atoms with E-state index in [0.29, 0.717) is 11.6 Å². The van der Waals surface area contributed by atoms with Crippen LogP contribution in [0.1, 0.15) is 30.9 Å². The molecule has 2 N–H and O–H groups in total. The number of carboxylic acids is 1. The van der Waals surface area contributed by atoms with Crippen molar-refractivity contribution in [2.75, 3.05) is 18.2 Å². The third-order valence-corrected chi connectivity index (χ3v) is 7.29. The third kappa shape index (κ3) is 4.19. The smallest absolute Gasteiger partial charge is 0.407 e. The molecule has 2 amide bonds. The average Bonchev–Trinajstić information content (AvgIpc) is 3.40. The Hall–Kier alpha value is -3.00. The number of carbonyl (C=O) groups excluding carboxylic acids is 2. The van der Waals surface area contributed by atoms with Gasteiger partial charge in [0.15, 0.2) is 0 Å². The number of alkyl carbamates (subject to hydrolysis) is 1. The van der Waals surface area contributed by atoms with E-state index >= 15 is 0 Å². The number of thioether (sulfide) groups is 1. The fourth-order valence-corrected chi connectivity index (χ4v) is 5.45. The van der Waals surface area contributed by atoms with Gasteiger partial charge >= 0.3 is 12.1 Å². The summed E-state index contributed by atoms with van der Waals surface area (Å²) in [5, 5.41) is 12.1. The van der Waals surface area contributed by atoms with Crippen LogP contribution >= 0.6 is 11.8 Å². The predicted octanol–water partition coefficient (Wildman–Crippen LogP) is 3.54. The highest BCUT2D eigenvalue weighted by Crippen LogP contribution is 2.44. The molecule has 3 unspecified atom stereocenters. The van der Waals surface area contributed by atoms with Crippen LogP contribution in [0.5, 0.6) is 0 Å². The SMILES string of the molecule is CC(NC(=O)OCC1c2ccccc2-c2ccccc21)C(C)C(=O)N1CSCC1C(=O)O. The molecular weight excluding hydrogens is 428 g/mol. The molecule has 168 valence electrons. The summed E-state index contributed by atoms with van der Waals surface area (Å²) in [5.41, 5.74) is 4.57. The molecule has 8 heteroatoms. The molecule has 2 aromatic rings. The van der Waals surface area contributed by atoms with Crippen molar-refractivity contribution in [2.45, 2.75) is 31.8 Å². The maximum atomic E-state index is 12.8. The van der Waals surface area contributed by atoms with Gasteiger partial charge < -0.3 is 20.1 Å². The summed E-state index contributed by atoms with van der Waals surface area (Å²) in [6, 6.07) is 14.9. The summed E-state index contributed by atoms with van der Waals surface area (Å²) in [6.45, 7) is 3.61. The van der Waals surface area contributed by atoms with Crippen molar-refractivity contribution in [3.05, 3.63) is 59.7 Å². The van der Waals surface area contributed by atoms with E-state index in [0.717, 1.165) is 22.3 Å². The van der Waals surface area contributed by atoms with Crippen molar-refractivity contribution in [3.8, 4) is 11.1 Å². The number of ether oxygens (including phenoxy) is 1. The molecule has 4 rings (SSSR count). The zero-order valence-corrected chi connectivity index (χ0v) is 18.8. The van der Waals surface area contributed by atoms with Crippen LogP contribution in [-0.4, -0.2) is 58.3 Å². The maximum Gasteiger partial charge on any atom is 0.407 e. The number of aliphatic carboxylic acids is 1. The number of benzene rings is 2. The van der Waals surface area contributed by atoms with Crippen LogP contribution < -0.4 is 5.32 Å². The van der Waals surface area contributed by atoms with E-state index in [2.05, 4.69) is 29.6 Å². The summed E-state index contributed by atoms with van der Waals surface area (Å²) >= 11 is 1.41. The van der Waals surface area contributed by atoms with E-state index in [-0.39, 0.29) is 18.4 Å². The fraction of sp³-hybridized carbons (Fsp3) is 0.375. The average molecular weight is 455 g/mol. The van der Waals surface area contributed by atoms with Gasteiger partial charge in [-0.25, -0.2) is 9.59 Å². The van der Waals surface area contributed by atoms with Crippen molar-refractivity contribution in [1.82, 2.24) is 10.2 Å². The number of nitrogens with one attached hydrogen (secondary N) is 1. The van der Waals surface area contributed by atoms with Gasteiger partial charge in [-0.05, 0) is 29.2 Å². The second-order valence-corrected chi connectivity index (χ2v) is 9.21. The lowest BCUT2D eigenvalue weighted by molar-refractivity contribution is -0.149. The van der Waals surface area contributed by atoms with E-state index in [4.69, 9.17) is 4.74 Å². The molecule has 1 heterocycles. The van der Waals surface area contributed by atoms with Gasteiger partial charge in [-0.3, -0.25) is 4.79 Å². The summed E-state index contributed by atoms with van der Waals surface area (Å²) in [4.78, 5) is 38.0. The molecule has 3 atom stereocenters. The largest absolute Gasteiger partial charge is 0.480 e. The van der Waals surface area contributed by atoms with Gasteiger partial charge in [0.2, 0.25) is 5.91 Å². The summed E-state index contributed by atoms with van der Waals surface area (Å²) in [7, 11) is 0. The van der Waals surface area contributed by atoms with Crippen molar-refractivity contribution in [2.24, 2.45) is 5.92 Å². The molecule has 0 saturated carbocycles. The number of fused-ring (bicyclic) bond motifs is 3. The van der Waals surface area contributed by atoms with E-state index in [9.17, 15) is 19.5 Å². The normalized spacial score (nSPS) is 19.1. The van der Waals surface area contributed by atoms with E-state index in [1.54, 1.807) is 13.8 Å². The molecule has 7 nitrogen and oxygen atoms in total. The maximum absolute atomic E-state index is 12.8. The molecule has 1 aliphatic carbocycles. The molecule has 1 saturated heterocycles. The van der Waals surface area contributed by atoms with Crippen LogP contribution in [0.15, 0.2) is 48.5 Å². The fourth-order valence-electron chi connectivity index (χ4n) is 4.29. The number of carboxylic acid groups (broad SMARTS) is 1. The second-order valence-electron chi connectivity index (χ2n) is 8.21. The highest BCUT2D eigenvalue weighted by atomic mass is 32.2. The summed E-state index contributed by atoms with van der Waals surface area (Å²) < 4.78 is 5.55. The monoisotopic (exact) mass is 454 g/mol. The Balaban J connectivity index is 1.36. The lowest BCUT2D eigenvalue weighted by atomic mass is 9.98. The minimum absolute atomic E-state index is 0.0412. The molecule has 2 aliphatic rings. The Morgan fingerprint density at radius 2 is 1.69 bits per heavy atom. The van der Waals surface area contributed by atoms with Gasteiger partial charge in [0.1, 0.15) is 12.6 Å². The topological polar surface area (TPSA) is 95.9 Å². The lowest BCUT2D eigenvalue weighted by Gasteiger charge is -2.27. The van der Waals surface area contributed by atoms with Crippen LogP contribution in [0.3, 0.4) is 0 Å². The number of nitrogens with zero attached hydrogens (tertiary/aromatic N) is 1. The number of rotatable bonds is 6. The molecule has 0 aromatic heterocycles. The Kier molecular flexibility index (Phi) is 6.41. The van der Waals surface area contributed by atoms with Crippen molar-refractivity contribution in [1.29, 1.82) is 0 Å². The van der Waals surface area contributed by atoms with Gasteiger partial charge in [0, 0.05) is 17.7 Å². The Bertz CT molecular complexity index is 997. The molecule has 2 aromatic carbocycles. The van der Waals surface area contributed by atoms with Crippen LogP contribution in [-0.2, 0) is 14.3 Å². The third-order valence-electron chi connectivity index (χ3n) is 6.28. The van der Waals surface area contributed by atoms with Gasteiger partial charge in [-0.15, -0.1) is 11.8 Å². The molecular formula is C24H26N2O5S. The van der Waals surface area contributed by atoms with Gasteiger partial charge in [0.05, 0.1) is 11.8 Å². The number of hydrogen-bond donors (Lipinski definition) is 2. The molecule has 0 spiro atoms. The summed E-state index contributed by atoms with van der Waals surface area (Å²) in [6.07, 6.45) is -0.593. The Morgan fingerprint density at radius 1 is 1.09 bits per heavy atom. The van der Waals surface area contributed by atoms with Gasteiger partial charge in [-0.1, -0.05) is 55.5 Å². The van der Waals surface area contributed by atoms with E-state index in [1.807, 2.05) is 24.3 Å². The van der Waals surface area contributed by atoms with Crippen LogP contribution in [0.4, 0.5) is 4.79 Å². The van der Waals surface area contributed by atoms with Gasteiger partial charge in [0.25, 0.3) is 0 Å². The summed E-state index contributed by atoms with van der Waals surface area (Å²) in [5.74, 6) is -1.18. The highest BCUT2D eigenvalue weighted by Gasteiger charge is 2.38. The zero-order valence-electron chi connectivity index (χ0n) is 18.0. The minimum Gasteiger partial charge on any atom is -0.480 e. The Morgan fingerprint density at radius 3 is 2.28 bits per heavy atom. The second kappa shape index (κ2) is 9.24. The molecule has 0 bridgehead atoms. The standard InChI is InChI=1S/C24H26N2O5S/c1-14(22(27)26-13-32-12-21(26)23(28)29)15(2)25-24(30)31-11-20-18-9-5-3-7-16(18)17-8-4-6-10-19(17)20/h3-10,14-15,20-21H,11-13H2,1-2H3,(H,25,30)(H,28,29). The first kappa shape index (κ1) is 22.2. The number of amides is 2. The first-order chi connectivity index (χ1) is 15.4. The molecule has 32 heavy (non-hydrogen) atoms. The quantitative estimate of drug-likeness (QED) is 0.693. The van der Waals surface area contributed by atoms with Crippen LogP contribution in [0, 0.1) is 5.92 Å². The first-order valence-electron chi connectivity index (χ1n) is 10.6. The molecule has 1 fully saturated rings. The zero-order chi connectivity index (χ0) is 22.8. The molecule has 1 aliphatic heterocycles. The highest BCUT2D eigenvalue weighted by molar-refractivity contribution is 7.99. The van der Waals surface area contributed by atoms with Crippen molar-refractivity contribution < 1.29 is 24.2 Å². The molecule has 0 radical (unpaired) electrons. The minimum atomic E-state index is -1.01. The first-order valence-corrected chi connectivity index (χ1v) is 11.8. The number of carbonyl (C=O) groups is 3. The van der Waals surface area contributed by atoms with Crippen LogP contribution in [0.2, 0.25) is 0 Å². The van der Waals surface area contributed by atoms with Crippen molar-refractivity contribution in [3.63, 3.8) is 0 Å². The lowest BCUT2D eigenvalue weighted by Crippen LogP contribution is -2.49. The van der Waals surface area contributed by atoms with E-state index in [1.165, 1.54) is 16.7 Å². The van der Waals surface area contributed by atoms with E-state index < -0.39 is 30.1 Å². The van der Waals surface area contributed by atoms with Crippen LogP contribution in [0.25, 0.3) is 11.1 Å². The Labute approximate surface area is 191 Å². The number of hydrogen-bond acceptors (Lipinski definition) is 5.